The van der Waals surface area contributed by atoms with Gasteiger partial charge in [0.25, 0.3) is 0 Å². The molecule has 1 aliphatic rings. The first-order chi connectivity index (χ1) is 9.16. The molecule has 1 rings (SSSR count). The predicted octanol–water partition coefficient (Wildman–Crippen LogP) is 0.857. The van der Waals surface area contributed by atoms with Gasteiger partial charge in [-0.1, -0.05) is 6.92 Å². The SMILES string of the molecule is CC(C)NC(=O)C(C)N1C(=O)CC(C)C(C(=O)O)C1C. The van der Waals surface area contributed by atoms with E-state index in [0.717, 1.165) is 0 Å². The Morgan fingerprint density at radius 2 is 1.85 bits per heavy atom. The second-order valence-electron chi connectivity index (χ2n) is 5.93. The fourth-order valence-electron chi connectivity index (χ4n) is 2.93. The minimum absolute atomic E-state index is 0.0191. The molecule has 2 N–H and O–H groups in total. The largest absolute Gasteiger partial charge is 0.481 e. The van der Waals surface area contributed by atoms with Crippen molar-refractivity contribution in [2.24, 2.45) is 11.8 Å². The normalized spacial score (nSPS) is 28.4. The van der Waals surface area contributed by atoms with Crippen molar-refractivity contribution < 1.29 is 19.5 Å². The minimum Gasteiger partial charge on any atom is -0.481 e. The zero-order valence-corrected chi connectivity index (χ0v) is 12.7. The summed E-state index contributed by atoms with van der Waals surface area (Å²) in [6.45, 7) is 8.79. The van der Waals surface area contributed by atoms with Crippen molar-refractivity contribution in [3.63, 3.8) is 0 Å². The molecule has 1 fully saturated rings. The van der Waals surface area contributed by atoms with Crippen LogP contribution in [0.2, 0.25) is 0 Å². The van der Waals surface area contributed by atoms with Crippen molar-refractivity contribution >= 4 is 17.8 Å². The fourth-order valence-corrected chi connectivity index (χ4v) is 2.93. The molecule has 1 aliphatic heterocycles. The van der Waals surface area contributed by atoms with Crippen LogP contribution in [0.3, 0.4) is 0 Å². The molecule has 1 heterocycles. The van der Waals surface area contributed by atoms with Gasteiger partial charge >= 0.3 is 5.97 Å². The number of carboxylic acids is 1. The van der Waals surface area contributed by atoms with Crippen LogP contribution in [-0.2, 0) is 14.4 Å². The van der Waals surface area contributed by atoms with E-state index in [-0.39, 0.29) is 30.2 Å². The number of carbonyl (C=O) groups is 3. The minimum atomic E-state index is -0.918. The lowest BCUT2D eigenvalue weighted by Crippen LogP contribution is -2.59. The van der Waals surface area contributed by atoms with Crippen LogP contribution in [0.4, 0.5) is 0 Å². The molecule has 6 nitrogen and oxygen atoms in total. The van der Waals surface area contributed by atoms with Crippen LogP contribution in [0.25, 0.3) is 0 Å². The lowest BCUT2D eigenvalue weighted by Gasteiger charge is -2.43. The van der Waals surface area contributed by atoms with Gasteiger partial charge in [-0.25, -0.2) is 0 Å². The standard InChI is InChI=1S/C14H24N2O4/c1-7(2)15-13(18)10(5)16-9(4)12(14(19)20)8(3)6-11(16)17/h7-10,12H,6H2,1-5H3,(H,15,18)(H,19,20). The highest BCUT2D eigenvalue weighted by atomic mass is 16.4. The maximum Gasteiger partial charge on any atom is 0.308 e. The summed E-state index contributed by atoms with van der Waals surface area (Å²) in [6, 6.07) is -1.17. The molecule has 0 aliphatic carbocycles. The molecule has 1 saturated heterocycles. The van der Waals surface area contributed by atoms with Gasteiger partial charge in [-0.3, -0.25) is 14.4 Å². The van der Waals surface area contributed by atoms with Crippen LogP contribution in [0.15, 0.2) is 0 Å². The number of nitrogens with zero attached hydrogens (tertiary/aromatic N) is 1. The summed E-state index contributed by atoms with van der Waals surface area (Å²) in [5, 5.41) is 12.1. The zero-order chi connectivity index (χ0) is 15.6. The van der Waals surface area contributed by atoms with Gasteiger partial charge in [0.15, 0.2) is 0 Å². The van der Waals surface area contributed by atoms with Crippen molar-refractivity contribution in [1.29, 1.82) is 0 Å². The fraction of sp³-hybridized carbons (Fsp3) is 0.786. The summed E-state index contributed by atoms with van der Waals surface area (Å²) in [7, 11) is 0. The summed E-state index contributed by atoms with van der Waals surface area (Å²) in [4.78, 5) is 37.0. The van der Waals surface area contributed by atoms with E-state index >= 15 is 0 Å². The van der Waals surface area contributed by atoms with Gasteiger partial charge in [0.2, 0.25) is 11.8 Å². The predicted molar refractivity (Wildman–Crippen MR) is 74.0 cm³/mol. The third-order valence-electron chi connectivity index (χ3n) is 3.87. The van der Waals surface area contributed by atoms with Crippen LogP contribution >= 0.6 is 0 Å². The van der Waals surface area contributed by atoms with Gasteiger partial charge in [-0.15, -0.1) is 0 Å². The van der Waals surface area contributed by atoms with E-state index < -0.39 is 24.0 Å². The van der Waals surface area contributed by atoms with Crippen LogP contribution < -0.4 is 5.32 Å². The molecule has 0 saturated carbocycles. The van der Waals surface area contributed by atoms with E-state index in [2.05, 4.69) is 5.32 Å². The molecule has 2 amide bonds. The third-order valence-corrected chi connectivity index (χ3v) is 3.87. The smallest absolute Gasteiger partial charge is 0.308 e. The molecule has 0 aromatic heterocycles. The average molecular weight is 284 g/mol. The molecule has 114 valence electrons. The van der Waals surface area contributed by atoms with Crippen LogP contribution in [-0.4, -0.2) is 45.9 Å². The number of likely N-dealkylation sites (tertiary alicyclic amines) is 1. The summed E-state index contributed by atoms with van der Waals surface area (Å²) in [5.74, 6) is -2.18. The summed E-state index contributed by atoms with van der Waals surface area (Å²) < 4.78 is 0. The second kappa shape index (κ2) is 6.24. The molecule has 0 bridgehead atoms. The molecule has 4 unspecified atom stereocenters. The molecule has 4 atom stereocenters. The Hall–Kier alpha value is -1.59. The van der Waals surface area contributed by atoms with E-state index in [1.807, 2.05) is 13.8 Å². The first kappa shape index (κ1) is 16.5. The number of nitrogens with one attached hydrogen (secondary N) is 1. The average Bonchev–Trinajstić information content (AvgIpc) is 2.25. The van der Waals surface area contributed by atoms with Crippen LogP contribution in [0.1, 0.15) is 41.0 Å². The number of rotatable bonds is 4. The molecule has 0 spiro atoms. The number of carboxylic acid groups (broad SMARTS) is 1. The number of hydrogen-bond donors (Lipinski definition) is 2. The Kier molecular flexibility index (Phi) is 5.14. The van der Waals surface area contributed by atoms with E-state index in [1.165, 1.54) is 4.90 Å². The van der Waals surface area contributed by atoms with Gasteiger partial charge < -0.3 is 15.3 Å². The van der Waals surface area contributed by atoms with Crippen molar-refractivity contribution in [2.75, 3.05) is 0 Å². The maximum absolute atomic E-state index is 12.2. The number of carbonyl (C=O) groups excluding carboxylic acids is 2. The third kappa shape index (κ3) is 3.29. The Morgan fingerprint density at radius 3 is 2.30 bits per heavy atom. The summed E-state index contributed by atoms with van der Waals surface area (Å²) in [6.07, 6.45) is 0.167. The topological polar surface area (TPSA) is 86.7 Å². The zero-order valence-electron chi connectivity index (χ0n) is 12.7. The van der Waals surface area contributed by atoms with Crippen molar-refractivity contribution in [3.8, 4) is 0 Å². The Morgan fingerprint density at radius 1 is 1.30 bits per heavy atom. The van der Waals surface area contributed by atoms with E-state index in [4.69, 9.17) is 0 Å². The van der Waals surface area contributed by atoms with E-state index in [9.17, 15) is 19.5 Å². The second-order valence-corrected chi connectivity index (χ2v) is 5.93. The number of amides is 2. The van der Waals surface area contributed by atoms with Gasteiger partial charge in [0, 0.05) is 18.5 Å². The van der Waals surface area contributed by atoms with Crippen molar-refractivity contribution in [1.82, 2.24) is 10.2 Å². The van der Waals surface area contributed by atoms with Crippen LogP contribution in [0, 0.1) is 11.8 Å². The summed E-state index contributed by atoms with van der Waals surface area (Å²) >= 11 is 0. The lowest BCUT2D eigenvalue weighted by molar-refractivity contribution is -0.159. The van der Waals surface area contributed by atoms with Gasteiger partial charge in [-0.05, 0) is 33.6 Å². The van der Waals surface area contributed by atoms with Crippen LogP contribution in [0.5, 0.6) is 0 Å². The number of piperidine rings is 1. The Labute approximate surface area is 119 Å². The summed E-state index contributed by atoms with van der Waals surface area (Å²) in [5.41, 5.74) is 0. The molecule has 0 radical (unpaired) electrons. The van der Waals surface area contributed by atoms with Gasteiger partial charge in [0.1, 0.15) is 6.04 Å². The maximum atomic E-state index is 12.2. The Balaban J connectivity index is 2.94. The monoisotopic (exact) mass is 284 g/mol. The van der Waals surface area contributed by atoms with Crippen molar-refractivity contribution in [2.45, 2.75) is 59.2 Å². The first-order valence-corrected chi connectivity index (χ1v) is 7.01. The first-order valence-electron chi connectivity index (χ1n) is 7.01. The van der Waals surface area contributed by atoms with Crippen molar-refractivity contribution in [3.05, 3.63) is 0 Å². The van der Waals surface area contributed by atoms with Gasteiger partial charge in [-0.2, -0.15) is 0 Å². The van der Waals surface area contributed by atoms with E-state index in [0.29, 0.717) is 0 Å². The lowest BCUT2D eigenvalue weighted by atomic mass is 9.80. The molecule has 6 heteroatoms. The number of hydrogen-bond acceptors (Lipinski definition) is 3. The molecule has 0 aromatic rings. The Bertz CT molecular complexity index is 408. The number of aliphatic carboxylic acids is 1. The molecule has 0 aromatic carbocycles. The highest BCUT2D eigenvalue weighted by Crippen LogP contribution is 2.31. The highest BCUT2D eigenvalue weighted by molar-refractivity contribution is 5.89. The highest BCUT2D eigenvalue weighted by Gasteiger charge is 2.44. The molecule has 20 heavy (non-hydrogen) atoms. The molecular formula is C14H24N2O4. The van der Waals surface area contributed by atoms with Gasteiger partial charge in [0.05, 0.1) is 5.92 Å². The quantitative estimate of drug-likeness (QED) is 0.801. The van der Waals surface area contributed by atoms with E-state index in [1.54, 1.807) is 20.8 Å². The molecular weight excluding hydrogens is 260 g/mol.